The van der Waals surface area contributed by atoms with Gasteiger partial charge in [0.1, 0.15) is 0 Å². The maximum absolute atomic E-state index is 2.59. The molecule has 0 radical (unpaired) electrons. The highest BCUT2D eigenvalue weighted by molar-refractivity contribution is 5.35. The minimum Gasteiger partial charge on any atom is -0.290 e. The summed E-state index contributed by atoms with van der Waals surface area (Å²) in [6.07, 6.45) is 1.16. The lowest BCUT2D eigenvalue weighted by atomic mass is 9.83. The van der Waals surface area contributed by atoms with E-state index in [4.69, 9.17) is 0 Å². The Kier molecular flexibility index (Phi) is 3.16. The van der Waals surface area contributed by atoms with Crippen LogP contribution in [-0.2, 0) is 18.5 Å². The molecule has 1 aliphatic rings. The van der Waals surface area contributed by atoms with Crippen molar-refractivity contribution < 1.29 is 0 Å². The molecule has 0 atom stereocenters. The molecule has 1 heteroatoms. The van der Waals surface area contributed by atoms with Gasteiger partial charge in [-0.15, -0.1) is 0 Å². The molecule has 0 spiro atoms. The SMILES string of the molecule is CC1(C)c2ccccc2CCN1Cc1ccccc1. The van der Waals surface area contributed by atoms with Gasteiger partial charge in [0.2, 0.25) is 0 Å². The predicted octanol–water partition coefficient (Wildman–Crippen LogP) is 3.98. The molecule has 0 saturated carbocycles. The average Bonchev–Trinajstić information content (AvgIpc) is 2.44. The Bertz CT molecular complexity index is 557. The standard InChI is InChI=1S/C18H21N/c1-18(2)17-11-7-6-10-16(17)12-13-19(18)14-15-8-4-3-5-9-15/h3-11H,12-14H2,1-2H3. The molecule has 0 N–H and O–H groups in total. The Morgan fingerprint density at radius 2 is 1.63 bits per heavy atom. The second-order valence-corrected chi connectivity index (χ2v) is 5.87. The average molecular weight is 251 g/mol. The van der Waals surface area contributed by atoms with E-state index in [-0.39, 0.29) is 5.54 Å². The van der Waals surface area contributed by atoms with Gasteiger partial charge in [0.15, 0.2) is 0 Å². The van der Waals surface area contributed by atoms with E-state index >= 15 is 0 Å². The topological polar surface area (TPSA) is 3.24 Å². The molecular weight excluding hydrogens is 230 g/mol. The molecule has 0 amide bonds. The van der Waals surface area contributed by atoms with Gasteiger partial charge in [0, 0.05) is 18.6 Å². The zero-order valence-electron chi connectivity index (χ0n) is 11.8. The van der Waals surface area contributed by atoms with Crippen molar-refractivity contribution in [2.75, 3.05) is 6.54 Å². The lowest BCUT2D eigenvalue weighted by molar-refractivity contribution is 0.0982. The molecule has 0 bridgehead atoms. The molecular formula is C18H21N. The third-order valence-corrected chi connectivity index (χ3v) is 4.33. The summed E-state index contributed by atoms with van der Waals surface area (Å²) in [5, 5.41) is 0. The summed E-state index contributed by atoms with van der Waals surface area (Å²) in [7, 11) is 0. The first kappa shape index (κ1) is 12.4. The van der Waals surface area contributed by atoms with Gasteiger partial charge in [-0.05, 0) is 37.0 Å². The van der Waals surface area contributed by atoms with Gasteiger partial charge >= 0.3 is 0 Å². The highest BCUT2D eigenvalue weighted by Gasteiger charge is 2.33. The van der Waals surface area contributed by atoms with Gasteiger partial charge in [-0.2, -0.15) is 0 Å². The summed E-state index contributed by atoms with van der Waals surface area (Å²) >= 11 is 0. The molecule has 2 aromatic rings. The van der Waals surface area contributed by atoms with E-state index in [9.17, 15) is 0 Å². The van der Waals surface area contributed by atoms with E-state index in [1.165, 1.54) is 16.7 Å². The number of benzene rings is 2. The summed E-state index contributed by atoms with van der Waals surface area (Å²) in [5.41, 5.74) is 4.51. The molecule has 3 rings (SSSR count). The fourth-order valence-corrected chi connectivity index (χ4v) is 3.12. The van der Waals surface area contributed by atoms with Crippen molar-refractivity contribution in [3.05, 3.63) is 71.3 Å². The van der Waals surface area contributed by atoms with Gasteiger partial charge in [-0.3, -0.25) is 4.90 Å². The summed E-state index contributed by atoms with van der Waals surface area (Å²) in [6.45, 7) is 6.85. The number of hydrogen-bond donors (Lipinski definition) is 0. The Morgan fingerprint density at radius 3 is 2.42 bits per heavy atom. The van der Waals surface area contributed by atoms with Crippen LogP contribution in [0.1, 0.15) is 30.5 Å². The third-order valence-electron chi connectivity index (χ3n) is 4.33. The van der Waals surface area contributed by atoms with E-state index in [1.54, 1.807) is 0 Å². The van der Waals surface area contributed by atoms with Crippen LogP contribution in [-0.4, -0.2) is 11.4 Å². The summed E-state index contributed by atoms with van der Waals surface area (Å²) in [4.78, 5) is 2.59. The minimum atomic E-state index is 0.116. The first-order valence-corrected chi connectivity index (χ1v) is 7.05. The number of rotatable bonds is 2. The lowest BCUT2D eigenvalue weighted by Gasteiger charge is -2.44. The van der Waals surface area contributed by atoms with Gasteiger partial charge in [-0.25, -0.2) is 0 Å². The van der Waals surface area contributed by atoms with Crippen molar-refractivity contribution in [1.29, 1.82) is 0 Å². The van der Waals surface area contributed by atoms with Crippen molar-refractivity contribution >= 4 is 0 Å². The maximum Gasteiger partial charge on any atom is 0.0410 e. The zero-order chi connectivity index (χ0) is 13.3. The van der Waals surface area contributed by atoms with Crippen molar-refractivity contribution in [3.8, 4) is 0 Å². The van der Waals surface area contributed by atoms with Crippen LogP contribution in [0.3, 0.4) is 0 Å². The highest BCUT2D eigenvalue weighted by Crippen LogP contribution is 2.35. The quantitative estimate of drug-likeness (QED) is 0.780. The fourth-order valence-electron chi connectivity index (χ4n) is 3.12. The summed E-state index contributed by atoms with van der Waals surface area (Å²) < 4.78 is 0. The molecule has 98 valence electrons. The monoisotopic (exact) mass is 251 g/mol. The summed E-state index contributed by atoms with van der Waals surface area (Å²) in [6, 6.07) is 19.6. The molecule has 2 aromatic carbocycles. The van der Waals surface area contributed by atoms with E-state index in [0.29, 0.717) is 0 Å². The van der Waals surface area contributed by atoms with E-state index in [0.717, 1.165) is 19.5 Å². The Hall–Kier alpha value is -1.60. The molecule has 0 aliphatic carbocycles. The molecule has 19 heavy (non-hydrogen) atoms. The number of hydrogen-bond acceptors (Lipinski definition) is 1. The van der Waals surface area contributed by atoms with Crippen LogP contribution in [0.4, 0.5) is 0 Å². The van der Waals surface area contributed by atoms with Crippen LogP contribution in [0.15, 0.2) is 54.6 Å². The highest BCUT2D eigenvalue weighted by atomic mass is 15.2. The van der Waals surface area contributed by atoms with E-state index in [2.05, 4.69) is 73.3 Å². The van der Waals surface area contributed by atoms with Crippen molar-refractivity contribution in [2.45, 2.75) is 32.4 Å². The smallest absolute Gasteiger partial charge is 0.0410 e. The molecule has 0 saturated heterocycles. The Balaban J connectivity index is 1.89. The maximum atomic E-state index is 2.59. The second kappa shape index (κ2) is 4.82. The first-order chi connectivity index (χ1) is 9.18. The molecule has 1 aliphatic heterocycles. The van der Waals surface area contributed by atoms with Crippen LogP contribution >= 0.6 is 0 Å². The summed E-state index contributed by atoms with van der Waals surface area (Å²) in [5.74, 6) is 0. The Morgan fingerprint density at radius 1 is 0.947 bits per heavy atom. The van der Waals surface area contributed by atoms with Crippen LogP contribution in [0.5, 0.6) is 0 Å². The molecule has 0 aromatic heterocycles. The van der Waals surface area contributed by atoms with Crippen molar-refractivity contribution in [2.24, 2.45) is 0 Å². The predicted molar refractivity (Wildman–Crippen MR) is 80.0 cm³/mol. The molecule has 0 fully saturated rings. The van der Waals surface area contributed by atoms with Crippen LogP contribution in [0.25, 0.3) is 0 Å². The largest absolute Gasteiger partial charge is 0.290 e. The van der Waals surface area contributed by atoms with E-state index < -0.39 is 0 Å². The van der Waals surface area contributed by atoms with Crippen LogP contribution < -0.4 is 0 Å². The van der Waals surface area contributed by atoms with E-state index in [1.807, 2.05) is 0 Å². The number of nitrogens with zero attached hydrogens (tertiary/aromatic N) is 1. The first-order valence-electron chi connectivity index (χ1n) is 7.05. The third kappa shape index (κ3) is 2.31. The normalized spacial score (nSPS) is 18.0. The lowest BCUT2D eigenvalue weighted by Crippen LogP contribution is -2.46. The second-order valence-electron chi connectivity index (χ2n) is 5.87. The van der Waals surface area contributed by atoms with Crippen molar-refractivity contribution in [3.63, 3.8) is 0 Å². The van der Waals surface area contributed by atoms with Gasteiger partial charge in [0.25, 0.3) is 0 Å². The molecule has 0 unspecified atom stereocenters. The van der Waals surface area contributed by atoms with Gasteiger partial charge < -0.3 is 0 Å². The fraction of sp³-hybridized carbons (Fsp3) is 0.333. The van der Waals surface area contributed by atoms with Crippen LogP contribution in [0.2, 0.25) is 0 Å². The zero-order valence-corrected chi connectivity index (χ0v) is 11.8. The molecule has 1 nitrogen and oxygen atoms in total. The van der Waals surface area contributed by atoms with Crippen molar-refractivity contribution in [1.82, 2.24) is 4.90 Å². The number of fused-ring (bicyclic) bond motifs is 1. The Labute approximate surface area is 115 Å². The molecule has 1 heterocycles. The van der Waals surface area contributed by atoms with Crippen LogP contribution in [0, 0.1) is 0 Å². The van der Waals surface area contributed by atoms with Gasteiger partial charge in [-0.1, -0.05) is 54.6 Å². The van der Waals surface area contributed by atoms with Gasteiger partial charge in [0.05, 0.1) is 0 Å². The minimum absolute atomic E-state index is 0.116.